The minimum absolute atomic E-state index is 0.301. The van der Waals surface area contributed by atoms with Gasteiger partial charge < -0.3 is 4.74 Å². The molecule has 1 fully saturated rings. The Hall–Kier alpha value is -1.67. The SMILES string of the molecule is O=C(CCC1CCCCO1)Cc1cccc2ccccc12. The van der Waals surface area contributed by atoms with Crippen molar-refractivity contribution >= 4 is 16.6 Å². The molecule has 1 atom stereocenters. The van der Waals surface area contributed by atoms with Crippen LogP contribution in [-0.4, -0.2) is 18.5 Å². The smallest absolute Gasteiger partial charge is 0.137 e. The predicted molar refractivity (Wildman–Crippen MR) is 85.5 cm³/mol. The molecule has 1 aliphatic heterocycles. The Bertz CT molecular complexity index is 606. The van der Waals surface area contributed by atoms with Gasteiger partial charge in [0.05, 0.1) is 6.10 Å². The van der Waals surface area contributed by atoms with E-state index >= 15 is 0 Å². The van der Waals surface area contributed by atoms with Gasteiger partial charge in [0.15, 0.2) is 0 Å². The van der Waals surface area contributed by atoms with Crippen molar-refractivity contribution in [2.24, 2.45) is 0 Å². The Morgan fingerprint density at radius 1 is 1.10 bits per heavy atom. The zero-order valence-corrected chi connectivity index (χ0v) is 12.4. The molecule has 2 heteroatoms. The first-order chi connectivity index (χ1) is 10.3. The molecule has 1 unspecified atom stereocenters. The van der Waals surface area contributed by atoms with Crippen molar-refractivity contribution in [3.8, 4) is 0 Å². The van der Waals surface area contributed by atoms with Gasteiger partial charge in [-0.25, -0.2) is 0 Å². The Balaban J connectivity index is 1.61. The van der Waals surface area contributed by atoms with E-state index in [1.807, 2.05) is 18.2 Å². The lowest BCUT2D eigenvalue weighted by Gasteiger charge is -2.22. The number of hydrogen-bond donors (Lipinski definition) is 0. The van der Waals surface area contributed by atoms with Crippen LogP contribution in [0.2, 0.25) is 0 Å². The number of benzene rings is 2. The second kappa shape index (κ2) is 6.86. The van der Waals surface area contributed by atoms with Crippen molar-refractivity contribution in [2.75, 3.05) is 6.61 Å². The molecule has 2 nitrogen and oxygen atoms in total. The van der Waals surface area contributed by atoms with Gasteiger partial charge in [-0.3, -0.25) is 4.79 Å². The Morgan fingerprint density at radius 2 is 1.95 bits per heavy atom. The average Bonchev–Trinajstić information content (AvgIpc) is 2.54. The quantitative estimate of drug-likeness (QED) is 0.817. The number of carbonyl (C=O) groups is 1. The molecular formula is C19H22O2. The summed E-state index contributed by atoms with van der Waals surface area (Å²) in [6, 6.07) is 14.5. The lowest BCUT2D eigenvalue weighted by Crippen LogP contribution is -2.20. The fourth-order valence-electron chi connectivity index (χ4n) is 3.10. The summed E-state index contributed by atoms with van der Waals surface area (Å²) in [5.41, 5.74) is 1.14. The van der Waals surface area contributed by atoms with E-state index in [1.165, 1.54) is 23.6 Å². The zero-order valence-electron chi connectivity index (χ0n) is 12.4. The summed E-state index contributed by atoms with van der Waals surface area (Å²) in [6.45, 7) is 0.863. The van der Waals surface area contributed by atoms with Crippen molar-refractivity contribution in [3.05, 3.63) is 48.0 Å². The number of Topliss-reactive ketones (excluding diaryl/α,β-unsaturated/α-hetero) is 1. The van der Waals surface area contributed by atoms with Gasteiger partial charge in [0.2, 0.25) is 0 Å². The van der Waals surface area contributed by atoms with Crippen LogP contribution in [0.15, 0.2) is 42.5 Å². The lowest BCUT2D eigenvalue weighted by atomic mass is 9.97. The summed E-state index contributed by atoms with van der Waals surface area (Å²) < 4.78 is 5.70. The molecule has 1 aliphatic rings. The summed E-state index contributed by atoms with van der Waals surface area (Å²) in [7, 11) is 0. The van der Waals surface area contributed by atoms with Crippen LogP contribution in [0.3, 0.4) is 0 Å². The van der Waals surface area contributed by atoms with E-state index in [0.29, 0.717) is 24.7 Å². The summed E-state index contributed by atoms with van der Waals surface area (Å²) in [5, 5.41) is 2.40. The maximum atomic E-state index is 12.2. The molecule has 0 N–H and O–H groups in total. The van der Waals surface area contributed by atoms with Crippen molar-refractivity contribution in [1.82, 2.24) is 0 Å². The maximum absolute atomic E-state index is 12.2. The monoisotopic (exact) mass is 282 g/mol. The van der Waals surface area contributed by atoms with Crippen LogP contribution in [0.25, 0.3) is 10.8 Å². The highest BCUT2D eigenvalue weighted by Crippen LogP contribution is 2.21. The minimum atomic E-state index is 0.301. The van der Waals surface area contributed by atoms with Crippen molar-refractivity contribution in [1.29, 1.82) is 0 Å². The van der Waals surface area contributed by atoms with E-state index in [2.05, 4.69) is 24.3 Å². The van der Waals surface area contributed by atoms with Gasteiger partial charge in [0.1, 0.15) is 5.78 Å². The van der Waals surface area contributed by atoms with Crippen LogP contribution in [0.1, 0.15) is 37.7 Å². The number of fused-ring (bicyclic) bond motifs is 1. The molecule has 0 aromatic heterocycles. The molecule has 2 aromatic rings. The third-order valence-corrected chi connectivity index (χ3v) is 4.29. The Morgan fingerprint density at radius 3 is 2.81 bits per heavy atom. The van der Waals surface area contributed by atoms with Crippen LogP contribution >= 0.6 is 0 Å². The first-order valence-electron chi connectivity index (χ1n) is 7.93. The maximum Gasteiger partial charge on any atom is 0.137 e. The highest BCUT2D eigenvalue weighted by molar-refractivity contribution is 5.90. The number of hydrogen-bond acceptors (Lipinski definition) is 2. The van der Waals surface area contributed by atoms with Gasteiger partial charge >= 0.3 is 0 Å². The largest absolute Gasteiger partial charge is 0.378 e. The number of ether oxygens (including phenoxy) is 1. The third-order valence-electron chi connectivity index (χ3n) is 4.29. The molecule has 3 rings (SSSR count). The molecule has 0 radical (unpaired) electrons. The molecule has 1 saturated heterocycles. The summed E-state index contributed by atoms with van der Waals surface area (Å²) in [4.78, 5) is 12.2. The first kappa shape index (κ1) is 14.3. The topological polar surface area (TPSA) is 26.3 Å². The molecule has 1 heterocycles. The van der Waals surface area contributed by atoms with Gasteiger partial charge in [0, 0.05) is 19.4 Å². The molecule has 0 saturated carbocycles. The van der Waals surface area contributed by atoms with E-state index in [9.17, 15) is 4.79 Å². The van der Waals surface area contributed by atoms with Crippen molar-refractivity contribution < 1.29 is 9.53 Å². The lowest BCUT2D eigenvalue weighted by molar-refractivity contribution is -0.119. The minimum Gasteiger partial charge on any atom is -0.378 e. The van der Waals surface area contributed by atoms with Crippen LogP contribution in [0, 0.1) is 0 Å². The fourth-order valence-corrected chi connectivity index (χ4v) is 3.10. The molecule has 0 aliphatic carbocycles. The highest BCUT2D eigenvalue weighted by atomic mass is 16.5. The normalized spacial score (nSPS) is 18.8. The molecule has 0 amide bonds. The van der Waals surface area contributed by atoms with Crippen LogP contribution in [0.5, 0.6) is 0 Å². The van der Waals surface area contributed by atoms with Gasteiger partial charge in [0.25, 0.3) is 0 Å². The second-order valence-electron chi connectivity index (χ2n) is 5.88. The van der Waals surface area contributed by atoms with E-state index < -0.39 is 0 Å². The molecular weight excluding hydrogens is 260 g/mol. The van der Waals surface area contributed by atoms with E-state index in [-0.39, 0.29) is 0 Å². The van der Waals surface area contributed by atoms with Crippen molar-refractivity contribution in [3.63, 3.8) is 0 Å². The highest BCUT2D eigenvalue weighted by Gasteiger charge is 2.15. The average molecular weight is 282 g/mol. The molecule has 21 heavy (non-hydrogen) atoms. The fraction of sp³-hybridized carbons (Fsp3) is 0.421. The summed E-state index contributed by atoms with van der Waals surface area (Å²) in [5.74, 6) is 0.320. The van der Waals surface area contributed by atoms with Crippen LogP contribution in [-0.2, 0) is 16.0 Å². The third kappa shape index (κ3) is 3.70. The van der Waals surface area contributed by atoms with Crippen LogP contribution < -0.4 is 0 Å². The second-order valence-corrected chi connectivity index (χ2v) is 5.88. The number of rotatable bonds is 5. The van der Waals surface area contributed by atoms with Crippen LogP contribution in [0.4, 0.5) is 0 Å². The zero-order chi connectivity index (χ0) is 14.5. The molecule has 110 valence electrons. The number of ketones is 1. The molecule has 2 aromatic carbocycles. The van der Waals surface area contributed by atoms with Crippen molar-refractivity contribution in [2.45, 2.75) is 44.6 Å². The van der Waals surface area contributed by atoms with Gasteiger partial charge in [-0.05, 0) is 42.0 Å². The van der Waals surface area contributed by atoms with E-state index in [0.717, 1.165) is 25.0 Å². The standard InChI is InChI=1S/C19H22O2/c20-17(11-12-18-9-3-4-13-21-18)14-16-8-5-7-15-6-1-2-10-19(15)16/h1-2,5-8,10,18H,3-4,9,11-14H2. The van der Waals surface area contributed by atoms with E-state index in [1.54, 1.807) is 0 Å². The van der Waals surface area contributed by atoms with Gasteiger partial charge in [-0.1, -0.05) is 42.5 Å². The van der Waals surface area contributed by atoms with Gasteiger partial charge in [-0.15, -0.1) is 0 Å². The number of carbonyl (C=O) groups excluding carboxylic acids is 1. The Labute approximate surface area is 126 Å². The molecule has 0 bridgehead atoms. The first-order valence-corrected chi connectivity index (χ1v) is 7.93. The summed E-state index contributed by atoms with van der Waals surface area (Å²) in [6.07, 6.45) is 5.87. The van der Waals surface area contributed by atoms with E-state index in [4.69, 9.17) is 4.74 Å². The summed E-state index contributed by atoms with van der Waals surface area (Å²) >= 11 is 0. The molecule has 0 spiro atoms. The van der Waals surface area contributed by atoms with Gasteiger partial charge in [-0.2, -0.15) is 0 Å². The Kier molecular flexibility index (Phi) is 4.66. The predicted octanol–water partition coefficient (Wildman–Crippen LogP) is 4.30.